The lowest BCUT2D eigenvalue weighted by molar-refractivity contribution is 0.309. The van der Waals surface area contributed by atoms with Gasteiger partial charge in [-0.25, -0.2) is 4.68 Å². The third-order valence-electron chi connectivity index (χ3n) is 6.37. The highest BCUT2D eigenvalue weighted by atomic mass is 32.1. The highest BCUT2D eigenvalue weighted by Crippen LogP contribution is 2.30. The van der Waals surface area contributed by atoms with Gasteiger partial charge in [-0.1, -0.05) is 42.9 Å². The second kappa shape index (κ2) is 10.6. The van der Waals surface area contributed by atoms with Crippen molar-refractivity contribution in [2.75, 3.05) is 6.61 Å². The number of nitrogens with zero attached hydrogens (tertiary/aromatic N) is 6. The molecule has 0 fully saturated rings. The summed E-state index contributed by atoms with van der Waals surface area (Å²) < 4.78 is 9.64. The lowest BCUT2D eigenvalue weighted by atomic mass is 10.0. The van der Waals surface area contributed by atoms with Gasteiger partial charge in [-0.2, -0.15) is 14.6 Å². The Hall–Kier alpha value is -4.63. The predicted molar refractivity (Wildman–Crippen MR) is 153 cm³/mol. The van der Waals surface area contributed by atoms with E-state index in [0.717, 1.165) is 52.2 Å². The number of aromatic nitrogens is 6. The Morgan fingerprint density at radius 3 is 2.67 bits per heavy atom. The number of hydrogen-bond donors (Lipinski definition) is 0. The number of para-hydroxylation sites is 1. The van der Waals surface area contributed by atoms with Crippen molar-refractivity contribution in [1.29, 1.82) is 0 Å². The molecule has 0 radical (unpaired) electrons. The topological polar surface area (TPSA) is 87.2 Å². The van der Waals surface area contributed by atoms with Gasteiger partial charge in [0.15, 0.2) is 5.82 Å². The maximum Gasteiger partial charge on any atom is 0.291 e. The molecule has 0 spiro atoms. The molecule has 39 heavy (non-hydrogen) atoms. The van der Waals surface area contributed by atoms with Crippen molar-refractivity contribution in [3.63, 3.8) is 0 Å². The summed E-state index contributed by atoms with van der Waals surface area (Å²) in [5.41, 5.74) is 5.12. The van der Waals surface area contributed by atoms with Gasteiger partial charge >= 0.3 is 0 Å². The van der Waals surface area contributed by atoms with E-state index in [1.165, 1.54) is 15.9 Å². The van der Waals surface area contributed by atoms with Crippen molar-refractivity contribution < 1.29 is 4.74 Å². The monoisotopic (exact) mass is 534 g/mol. The largest absolute Gasteiger partial charge is 0.494 e. The first kappa shape index (κ1) is 24.7. The number of unbranched alkanes of at least 4 members (excludes halogenated alkanes) is 1. The van der Waals surface area contributed by atoms with E-state index in [2.05, 4.69) is 28.9 Å². The summed E-state index contributed by atoms with van der Waals surface area (Å²) in [6.07, 6.45) is 9.30. The molecule has 6 aromatic rings. The van der Waals surface area contributed by atoms with Crippen LogP contribution in [-0.2, 0) is 0 Å². The van der Waals surface area contributed by atoms with Crippen molar-refractivity contribution in [2.24, 2.45) is 0 Å². The smallest absolute Gasteiger partial charge is 0.291 e. The van der Waals surface area contributed by atoms with Gasteiger partial charge in [0.2, 0.25) is 4.96 Å². The number of aryl methyl sites for hydroxylation is 1. The number of pyridine rings is 1. The zero-order valence-corrected chi connectivity index (χ0v) is 22.4. The molecule has 0 bridgehead atoms. The van der Waals surface area contributed by atoms with E-state index in [9.17, 15) is 4.79 Å². The molecule has 9 heteroatoms. The van der Waals surface area contributed by atoms with E-state index in [1.54, 1.807) is 12.4 Å². The summed E-state index contributed by atoms with van der Waals surface area (Å²) in [4.78, 5) is 22.5. The molecule has 0 unspecified atom stereocenters. The van der Waals surface area contributed by atoms with Crippen LogP contribution in [-0.4, -0.2) is 36.0 Å². The number of ether oxygens (including phenoxy) is 1. The van der Waals surface area contributed by atoms with Crippen LogP contribution in [0.5, 0.6) is 5.75 Å². The summed E-state index contributed by atoms with van der Waals surface area (Å²) in [6, 6.07) is 19.7. The SMILES string of the molecule is CCCCOc1ccc(-c2nn(-c3ccccc3)cc2/C=c2\sc3nc(-c4cccnc4)nn3c2=O)c(C)c1. The van der Waals surface area contributed by atoms with Crippen LogP contribution in [0.25, 0.3) is 39.4 Å². The average molecular weight is 535 g/mol. The second-order valence-corrected chi connectivity index (χ2v) is 10.2. The van der Waals surface area contributed by atoms with Crippen LogP contribution in [0.4, 0.5) is 0 Å². The highest BCUT2D eigenvalue weighted by molar-refractivity contribution is 7.15. The maximum absolute atomic E-state index is 13.3. The van der Waals surface area contributed by atoms with Crippen molar-refractivity contribution in [2.45, 2.75) is 26.7 Å². The molecule has 0 saturated heterocycles. The highest BCUT2D eigenvalue weighted by Gasteiger charge is 2.16. The average Bonchev–Trinajstić information content (AvgIpc) is 3.65. The van der Waals surface area contributed by atoms with Gasteiger partial charge < -0.3 is 4.74 Å². The van der Waals surface area contributed by atoms with E-state index < -0.39 is 0 Å². The van der Waals surface area contributed by atoms with Crippen LogP contribution in [0.2, 0.25) is 0 Å². The summed E-state index contributed by atoms with van der Waals surface area (Å²) in [5, 5.41) is 9.38. The minimum Gasteiger partial charge on any atom is -0.494 e. The van der Waals surface area contributed by atoms with Crippen LogP contribution < -0.4 is 14.8 Å². The molecule has 0 atom stereocenters. The Morgan fingerprint density at radius 2 is 1.92 bits per heavy atom. The maximum atomic E-state index is 13.3. The minimum absolute atomic E-state index is 0.215. The lowest BCUT2D eigenvalue weighted by Gasteiger charge is -2.09. The number of thiazole rings is 1. The summed E-state index contributed by atoms with van der Waals surface area (Å²) >= 11 is 1.30. The molecule has 4 aromatic heterocycles. The van der Waals surface area contributed by atoms with Gasteiger partial charge in [-0.15, -0.1) is 5.10 Å². The van der Waals surface area contributed by atoms with Crippen LogP contribution >= 0.6 is 11.3 Å². The van der Waals surface area contributed by atoms with Gasteiger partial charge in [-0.05, 0) is 67.4 Å². The zero-order valence-electron chi connectivity index (χ0n) is 21.6. The molecule has 8 nitrogen and oxygen atoms in total. The fraction of sp³-hybridized carbons (Fsp3) is 0.167. The number of fused-ring (bicyclic) bond motifs is 1. The normalized spacial score (nSPS) is 11.9. The quantitative estimate of drug-likeness (QED) is 0.253. The van der Waals surface area contributed by atoms with Crippen LogP contribution in [0.1, 0.15) is 30.9 Å². The number of rotatable bonds is 8. The van der Waals surface area contributed by atoms with Crippen LogP contribution in [0.3, 0.4) is 0 Å². The van der Waals surface area contributed by atoms with Gasteiger partial charge in [0.25, 0.3) is 5.56 Å². The molecular formula is C30H26N6O2S. The Morgan fingerprint density at radius 1 is 1.05 bits per heavy atom. The van der Waals surface area contributed by atoms with Crippen molar-refractivity contribution in [1.82, 2.24) is 29.4 Å². The van der Waals surface area contributed by atoms with E-state index in [-0.39, 0.29) is 5.56 Å². The Kier molecular flexibility index (Phi) is 6.73. The molecule has 0 aliphatic carbocycles. The molecule has 2 aromatic carbocycles. The summed E-state index contributed by atoms with van der Waals surface area (Å²) in [5.74, 6) is 1.32. The Bertz CT molecular complexity index is 1860. The van der Waals surface area contributed by atoms with Gasteiger partial charge in [0.05, 0.1) is 16.8 Å². The first-order chi connectivity index (χ1) is 19.1. The van der Waals surface area contributed by atoms with Gasteiger partial charge in [0, 0.05) is 35.3 Å². The van der Waals surface area contributed by atoms with Crippen molar-refractivity contribution in [3.05, 3.63) is 105 Å². The number of benzene rings is 2. The Balaban J connectivity index is 1.44. The standard InChI is InChI=1S/C30H26N6O2S/c1-3-4-15-38-24-12-13-25(20(2)16-24)27-22(19-35(33-27)23-10-6-5-7-11-23)17-26-29(37)36-30(39-26)32-28(34-36)21-9-8-14-31-18-21/h5-14,16-19H,3-4,15H2,1-2H3/b26-17-. The molecule has 0 aliphatic rings. The predicted octanol–water partition coefficient (Wildman–Crippen LogP) is 5.10. The van der Waals surface area contributed by atoms with Crippen LogP contribution in [0, 0.1) is 6.92 Å². The fourth-order valence-electron chi connectivity index (χ4n) is 4.33. The summed E-state index contributed by atoms with van der Waals surface area (Å²) in [7, 11) is 0. The Labute approximate surface area is 228 Å². The van der Waals surface area contributed by atoms with Gasteiger partial charge in [0.1, 0.15) is 11.4 Å². The van der Waals surface area contributed by atoms with Gasteiger partial charge in [-0.3, -0.25) is 9.78 Å². The van der Waals surface area contributed by atoms with Crippen molar-refractivity contribution >= 4 is 22.4 Å². The zero-order chi connectivity index (χ0) is 26.8. The molecule has 4 heterocycles. The lowest BCUT2D eigenvalue weighted by Crippen LogP contribution is -2.23. The third kappa shape index (κ3) is 4.96. The third-order valence-corrected chi connectivity index (χ3v) is 7.33. The number of hydrogen-bond acceptors (Lipinski definition) is 7. The first-order valence-corrected chi connectivity index (χ1v) is 13.6. The molecule has 0 amide bonds. The minimum atomic E-state index is -0.215. The first-order valence-electron chi connectivity index (χ1n) is 12.8. The molecular weight excluding hydrogens is 508 g/mol. The molecule has 6 rings (SSSR count). The molecule has 194 valence electrons. The van der Waals surface area contributed by atoms with E-state index in [4.69, 9.17) is 9.84 Å². The van der Waals surface area contributed by atoms with E-state index >= 15 is 0 Å². The van der Waals surface area contributed by atoms with Crippen LogP contribution in [0.15, 0.2) is 84.0 Å². The fourth-order valence-corrected chi connectivity index (χ4v) is 5.23. The molecule has 0 N–H and O–H groups in total. The van der Waals surface area contributed by atoms with E-state index in [0.29, 0.717) is 21.9 Å². The van der Waals surface area contributed by atoms with Crippen molar-refractivity contribution in [3.8, 4) is 34.1 Å². The van der Waals surface area contributed by atoms with E-state index in [1.807, 2.05) is 77.6 Å². The molecule has 0 saturated carbocycles. The molecule has 0 aliphatic heterocycles. The summed E-state index contributed by atoms with van der Waals surface area (Å²) in [6.45, 7) is 4.89. The second-order valence-electron chi connectivity index (χ2n) is 9.18.